The van der Waals surface area contributed by atoms with Crippen LogP contribution < -0.4 is 10.1 Å². The second-order valence-electron chi connectivity index (χ2n) is 6.86. The highest BCUT2D eigenvalue weighted by Gasteiger charge is 2.44. The van der Waals surface area contributed by atoms with Gasteiger partial charge in [0, 0.05) is 10.7 Å². The van der Waals surface area contributed by atoms with Crippen molar-refractivity contribution in [3.63, 3.8) is 0 Å². The van der Waals surface area contributed by atoms with E-state index in [2.05, 4.69) is 5.32 Å². The molecule has 0 radical (unpaired) electrons. The van der Waals surface area contributed by atoms with E-state index in [-0.39, 0.29) is 18.1 Å². The van der Waals surface area contributed by atoms with Crippen molar-refractivity contribution >= 4 is 29.2 Å². The Morgan fingerprint density at radius 3 is 2.50 bits per heavy atom. The van der Waals surface area contributed by atoms with E-state index >= 15 is 0 Å². The van der Waals surface area contributed by atoms with Crippen molar-refractivity contribution in [2.24, 2.45) is 0 Å². The van der Waals surface area contributed by atoms with Gasteiger partial charge in [0.15, 0.2) is 0 Å². The summed E-state index contributed by atoms with van der Waals surface area (Å²) in [6.45, 7) is 2.00. The number of rotatable bonds is 6. The fourth-order valence-electron chi connectivity index (χ4n) is 3.85. The van der Waals surface area contributed by atoms with Crippen LogP contribution in [0.5, 0.6) is 5.75 Å². The molecule has 2 aromatic carbocycles. The van der Waals surface area contributed by atoms with E-state index in [1.54, 1.807) is 25.1 Å². The highest BCUT2D eigenvalue weighted by atomic mass is 35.5. The summed E-state index contributed by atoms with van der Waals surface area (Å²) < 4.78 is 10.3. The third-order valence-corrected chi connectivity index (χ3v) is 5.56. The number of halogens is 1. The van der Waals surface area contributed by atoms with Gasteiger partial charge in [-0.2, -0.15) is 0 Å². The number of nitrogens with one attached hydrogen (secondary N) is 1. The first-order valence-corrected chi connectivity index (χ1v) is 9.81. The number of ether oxygens (including phenoxy) is 2. The zero-order chi connectivity index (χ0) is 20.1. The molecule has 5 nitrogen and oxygen atoms in total. The molecule has 1 fully saturated rings. The smallest absolute Gasteiger partial charge is 0.341 e. The molecule has 148 valence electrons. The van der Waals surface area contributed by atoms with Gasteiger partial charge in [-0.25, -0.2) is 4.79 Å². The fraction of sp³-hybridized carbons (Fsp3) is 0.364. The van der Waals surface area contributed by atoms with Gasteiger partial charge in [-0.3, -0.25) is 4.79 Å². The minimum atomic E-state index is -0.664. The summed E-state index contributed by atoms with van der Waals surface area (Å²) >= 11 is 6.42. The molecule has 0 aromatic heterocycles. The predicted octanol–water partition coefficient (Wildman–Crippen LogP) is 4.98. The first-order valence-electron chi connectivity index (χ1n) is 9.43. The van der Waals surface area contributed by atoms with Gasteiger partial charge in [0.05, 0.1) is 19.1 Å². The lowest BCUT2D eigenvalue weighted by molar-refractivity contribution is -0.121. The molecule has 0 saturated heterocycles. The molecule has 3 rings (SSSR count). The van der Waals surface area contributed by atoms with Crippen molar-refractivity contribution in [2.45, 2.75) is 38.0 Å². The summed E-state index contributed by atoms with van der Waals surface area (Å²) in [4.78, 5) is 25.5. The number of carbonyl (C=O) groups excluding carboxylic acids is 2. The molecule has 2 aromatic rings. The monoisotopic (exact) mass is 401 g/mol. The number of hydrogen-bond acceptors (Lipinski definition) is 4. The number of anilines is 1. The normalized spacial score (nSPS) is 15.1. The lowest BCUT2D eigenvalue weighted by atomic mass is 9.78. The molecule has 0 bridgehead atoms. The molecule has 0 aliphatic heterocycles. The van der Waals surface area contributed by atoms with Crippen LogP contribution in [0.1, 0.15) is 48.5 Å². The Balaban J connectivity index is 1.92. The van der Waals surface area contributed by atoms with Gasteiger partial charge in [0.25, 0.3) is 0 Å². The van der Waals surface area contributed by atoms with Crippen LogP contribution in [0.25, 0.3) is 0 Å². The summed E-state index contributed by atoms with van der Waals surface area (Å²) in [7, 11) is 1.49. The average molecular weight is 402 g/mol. The van der Waals surface area contributed by atoms with Gasteiger partial charge in [-0.15, -0.1) is 0 Å². The Hall–Kier alpha value is -2.53. The molecule has 0 heterocycles. The van der Waals surface area contributed by atoms with Gasteiger partial charge in [0.2, 0.25) is 5.91 Å². The fourth-order valence-corrected chi connectivity index (χ4v) is 4.17. The number of amides is 1. The maximum Gasteiger partial charge on any atom is 0.341 e. The molecule has 1 saturated carbocycles. The lowest BCUT2D eigenvalue weighted by Crippen LogP contribution is -2.38. The van der Waals surface area contributed by atoms with E-state index in [1.165, 1.54) is 7.11 Å². The van der Waals surface area contributed by atoms with Gasteiger partial charge < -0.3 is 14.8 Å². The Kier molecular flexibility index (Phi) is 6.25. The van der Waals surface area contributed by atoms with E-state index in [0.717, 1.165) is 31.2 Å². The molecule has 1 amide bonds. The maximum atomic E-state index is 13.3. The average Bonchev–Trinajstić information content (AvgIpc) is 3.19. The van der Waals surface area contributed by atoms with Crippen molar-refractivity contribution in [3.05, 3.63) is 58.6 Å². The molecule has 28 heavy (non-hydrogen) atoms. The molecule has 0 atom stereocenters. The van der Waals surface area contributed by atoms with Crippen LogP contribution in [0.2, 0.25) is 5.02 Å². The molecule has 6 heteroatoms. The molecule has 1 N–H and O–H groups in total. The third-order valence-electron chi connectivity index (χ3n) is 5.23. The third kappa shape index (κ3) is 3.85. The molecule has 1 aliphatic carbocycles. The van der Waals surface area contributed by atoms with Crippen LogP contribution >= 0.6 is 11.6 Å². The van der Waals surface area contributed by atoms with Crippen LogP contribution in [0, 0.1) is 0 Å². The summed E-state index contributed by atoms with van der Waals surface area (Å²) in [6.07, 6.45) is 3.41. The molecular weight excluding hydrogens is 378 g/mol. The minimum absolute atomic E-state index is 0.113. The molecular formula is C22H24ClNO4. The summed E-state index contributed by atoms with van der Waals surface area (Å²) in [5.74, 6) is -0.201. The number of hydrogen-bond donors (Lipinski definition) is 1. The van der Waals surface area contributed by atoms with Crippen molar-refractivity contribution in [2.75, 3.05) is 19.0 Å². The number of esters is 1. The van der Waals surface area contributed by atoms with Crippen LogP contribution in [0.15, 0.2) is 42.5 Å². The van der Waals surface area contributed by atoms with E-state index in [1.807, 2.05) is 24.3 Å². The number of carbonyl (C=O) groups is 2. The van der Waals surface area contributed by atoms with Gasteiger partial charge in [-0.1, -0.05) is 42.6 Å². The first-order chi connectivity index (χ1) is 13.5. The van der Waals surface area contributed by atoms with E-state index in [9.17, 15) is 9.59 Å². The molecule has 0 unspecified atom stereocenters. The largest absolute Gasteiger partial charge is 0.496 e. The Morgan fingerprint density at radius 2 is 1.86 bits per heavy atom. The van der Waals surface area contributed by atoms with Gasteiger partial charge >= 0.3 is 5.97 Å². The minimum Gasteiger partial charge on any atom is -0.496 e. The van der Waals surface area contributed by atoms with E-state index in [0.29, 0.717) is 16.5 Å². The highest BCUT2D eigenvalue weighted by Crippen LogP contribution is 2.44. The lowest BCUT2D eigenvalue weighted by Gasteiger charge is -2.29. The van der Waals surface area contributed by atoms with Crippen LogP contribution in [-0.4, -0.2) is 25.6 Å². The van der Waals surface area contributed by atoms with Gasteiger partial charge in [-0.05, 0) is 49.6 Å². The number of methoxy groups -OCH3 is 1. The van der Waals surface area contributed by atoms with Crippen molar-refractivity contribution in [1.82, 2.24) is 0 Å². The first kappa shape index (κ1) is 20.2. The molecule has 0 spiro atoms. The number of benzene rings is 2. The SMILES string of the molecule is CCOC(=O)c1cc(NC(=O)C2(c3ccccc3Cl)CCCC2)ccc1OC. The van der Waals surface area contributed by atoms with Crippen LogP contribution in [0.4, 0.5) is 5.69 Å². The predicted molar refractivity (Wildman–Crippen MR) is 109 cm³/mol. The second-order valence-corrected chi connectivity index (χ2v) is 7.27. The van der Waals surface area contributed by atoms with Crippen LogP contribution in [-0.2, 0) is 14.9 Å². The quantitative estimate of drug-likeness (QED) is 0.693. The summed E-state index contributed by atoms with van der Waals surface area (Å²) in [5, 5.41) is 3.58. The van der Waals surface area contributed by atoms with Crippen LogP contribution in [0.3, 0.4) is 0 Å². The maximum absolute atomic E-state index is 13.3. The standard InChI is InChI=1S/C22H24ClNO4/c1-3-28-20(25)16-14-15(10-11-19(16)27-2)24-21(26)22(12-6-7-13-22)17-8-4-5-9-18(17)23/h4-5,8-11,14H,3,6-7,12-13H2,1-2H3,(H,24,26). The highest BCUT2D eigenvalue weighted by molar-refractivity contribution is 6.32. The van der Waals surface area contributed by atoms with Crippen molar-refractivity contribution in [1.29, 1.82) is 0 Å². The Labute approximate surface area is 170 Å². The van der Waals surface area contributed by atoms with Crippen molar-refractivity contribution < 1.29 is 19.1 Å². The second kappa shape index (κ2) is 8.65. The Morgan fingerprint density at radius 1 is 1.14 bits per heavy atom. The zero-order valence-electron chi connectivity index (χ0n) is 16.1. The van der Waals surface area contributed by atoms with E-state index < -0.39 is 11.4 Å². The topological polar surface area (TPSA) is 64.6 Å². The van der Waals surface area contributed by atoms with Crippen molar-refractivity contribution in [3.8, 4) is 5.75 Å². The van der Waals surface area contributed by atoms with Gasteiger partial charge in [0.1, 0.15) is 11.3 Å². The summed E-state index contributed by atoms with van der Waals surface area (Å²) in [5.41, 5.74) is 0.987. The summed E-state index contributed by atoms with van der Waals surface area (Å²) in [6, 6.07) is 12.5. The zero-order valence-corrected chi connectivity index (χ0v) is 16.8. The van der Waals surface area contributed by atoms with E-state index in [4.69, 9.17) is 21.1 Å². The molecule has 1 aliphatic rings. The Bertz CT molecular complexity index is 875.